The van der Waals surface area contributed by atoms with Crippen molar-refractivity contribution in [3.8, 4) is 0 Å². The lowest BCUT2D eigenvalue weighted by atomic mass is 10.2. The van der Waals surface area contributed by atoms with Crippen molar-refractivity contribution in [3.05, 3.63) is 81.6 Å². The SMILES string of the molecule is Cc1ccc(C=NNC(=O)c2ccc(Cn3cc([N+](=O)[O-])cn3)o2)cc1. The van der Waals surface area contributed by atoms with E-state index in [4.69, 9.17) is 4.42 Å². The molecule has 0 aliphatic carbocycles. The van der Waals surface area contributed by atoms with E-state index in [0.29, 0.717) is 5.76 Å². The van der Waals surface area contributed by atoms with Crippen LogP contribution in [-0.4, -0.2) is 26.8 Å². The summed E-state index contributed by atoms with van der Waals surface area (Å²) < 4.78 is 6.78. The first kappa shape index (κ1) is 17.1. The van der Waals surface area contributed by atoms with Gasteiger partial charge in [-0.3, -0.25) is 19.6 Å². The minimum Gasteiger partial charge on any atom is -0.454 e. The summed E-state index contributed by atoms with van der Waals surface area (Å²) in [7, 11) is 0. The molecule has 0 bridgehead atoms. The van der Waals surface area contributed by atoms with Crippen LogP contribution in [0.2, 0.25) is 0 Å². The Kier molecular flexibility index (Phi) is 4.88. The van der Waals surface area contributed by atoms with E-state index in [9.17, 15) is 14.9 Å². The van der Waals surface area contributed by atoms with Crippen LogP contribution >= 0.6 is 0 Å². The van der Waals surface area contributed by atoms with Crippen LogP contribution in [0.3, 0.4) is 0 Å². The highest BCUT2D eigenvalue weighted by Crippen LogP contribution is 2.12. The number of furan rings is 1. The molecule has 0 saturated heterocycles. The van der Waals surface area contributed by atoms with Gasteiger partial charge in [-0.15, -0.1) is 0 Å². The molecule has 0 atom stereocenters. The normalized spacial score (nSPS) is 11.0. The van der Waals surface area contributed by atoms with Crippen molar-refractivity contribution in [2.75, 3.05) is 0 Å². The van der Waals surface area contributed by atoms with Crippen molar-refractivity contribution in [2.45, 2.75) is 13.5 Å². The second-order valence-corrected chi connectivity index (χ2v) is 5.53. The molecule has 9 nitrogen and oxygen atoms in total. The summed E-state index contributed by atoms with van der Waals surface area (Å²) in [6.07, 6.45) is 3.97. The van der Waals surface area contributed by atoms with E-state index in [0.717, 1.165) is 17.3 Å². The average Bonchev–Trinajstić information content (AvgIpc) is 3.27. The van der Waals surface area contributed by atoms with Crippen LogP contribution in [0.1, 0.15) is 27.4 Å². The quantitative estimate of drug-likeness (QED) is 0.415. The van der Waals surface area contributed by atoms with E-state index >= 15 is 0 Å². The highest BCUT2D eigenvalue weighted by molar-refractivity contribution is 5.92. The van der Waals surface area contributed by atoms with E-state index < -0.39 is 10.8 Å². The Morgan fingerprint density at radius 1 is 1.35 bits per heavy atom. The number of hydrogen-bond donors (Lipinski definition) is 1. The smallest absolute Gasteiger partial charge is 0.307 e. The summed E-state index contributed by atoms with van der Waals surface area (Å²) in [4.78, 5) is 22.1. The predicted molar refractivity (Wildman–Crippen MR) is 92.9 cm³/mol. The molecule has 132 valence electrons. The van der Waals surface area contributed by atoms with Crippen LogP contribution in [0.25, 0.3) is 0 Å². The molecule has 1 N–H and O–H groups in total. The van der Waals surface area contributed by atoms with Gasteiger partial charge in [-0.25, -0.2) is 5.43 Å². The molecule has 0 fully saturated rings. The van der Waals surface area contributed by atoms with Crippen LogP contribution in [0, 0.1) is 17.0 Å². The third-order valence-electron chi connectivity index (χ3n) is 3.49. The van der Waals surface area contributed by atoms with Gasteiger partial charge >= 0.3 is 11.6 Å². The Hall–Kier alpha value is -3.75. The zero-order chi connectivity index (χ0) is 18.5. The lowest BCUT2D eigenvalue weighted by Gasteiger charge is -1.98. The average molecular weight is 353 g/mol. The second-order valence-electron chi connectivity index (χ2n) is 5.53. The van der Waals surface area contributed by atoms with Crippen LogP contribution in [0.15, 0.2) is 58.3 Å². The summed E-state index contributed by atoms with van der Waals surface area (Å²) in [5.41, 5.74) is 4.27. The number of nitrogens with one attached hydrogen (secondary N) is 1. The number of nitro groups is 1. The molecule has 0 radical (unpaired) electrons. The maximum atomic E-state index is 12.0. The molecule has 0 unspecified atom stereocenters. The number of hydrogen-bond acceptors (Lipinski definition) is 6. The fourth-order valence-corrected chi connectivity index (χ4v) is 2.15. The molecule has 2 aromatic heterocycles. The monoisotopic (exact) mass is 353 g/mol. The molecule has 0 spiro atoms. The standard InChI is InChI=1S/C17H15N5O4/c1-12-2-4-13(5-3-12)8-18-20-17(23)16-7-6-15(26-16)11-21-10-14(9-19-21)22(24)25/h2-10H,11H2,1H3,(H,20,23). The number of benzene rings is 1. The molecule has 9 heteroatoms. The van der Waals surface area contributed by atoms with Crippen LogP contribution in [0.4, 0.5) is 5.69 Å². The molecule has 3 rings (SSSR count). The van der Waals surface area contributed by atoms with Gasteiger partial charge in [0.1, 0.15) is 18.2 Å². The van der Waals surface area contributed by atoms with Crippen molar-refractivity contribution in [1.29, 1.82) is 0 Å². The second kappa shape index (κ2) is 7.43. The number of aryl methyl sites for hydroxylation is 1. The highest BCUT2D eigenvalue weighted by Gasteiger charge is 2.13. The summed E-state index contributed by atoms with van der Waals surface area (Å²) >= 11 is 0. The molecule has 1 amide bonds. The van der Waals surface area contributed by atoms with Crippen molar-refractivity contribution < 1.29 is 14.1 Å². The molecular weight excluding hydrogens is 338 g/mol. The maximum Gasteiger partial charge on any atom is 0.307 e. The van der Waals surface area contributed by atoms with Gasteiger partial charge in [0.25, 0.3) is 0 Å². The maximum absolute atomic E-state index is 12.0. The summed E-state index contributed by atoms with van der Waals surface area (Å²) in [6.45, 7) is 2.16. The molecule has 26 heavy (non-hydrogen) atoms. The Balaban J connectivity index is 1.58. The number of amides is 1. The molecule has 2 heterocycles. The molecule has 0 saturated carbocycles. The van der Waals surface area contributed by atoms with Gasteiger partial charge in [0, 0.05) is 0 Å². The first-order valence-corrected chi connectivity index (χ1v) is 7.67. The van der Waals surface area contributed by atoms with Gasteiger partial charge in [0.2, 0.25) is 0 Å². The summed E-state index contributed by atoms with van der Waals surface area (Å²) in [5, 5.41) is 18.4. The number of rotatable bonds is 6. The fraction of sp³-hybridized carbons (Fsp3) is 0.118. The molecule has 3 aromatic rings. The highest BCUT2D eigenvalue weighted by atomic mass is 16.6. The van der Waals surface area contributed by atoms with Crippen LogP contribution < -0.4 is 5.43 Å². The van der Waals surface area contributed by atoms with Gasteiger partial charge < -0.3 is 4.42 Å². The Morgan fingerprint density at radius 3 is 2.81 bits per heavy atom. The zero-order valence-corrected chi connectivity index (χ0v) is 13.8. The first-order valence-electron chi connectivity index (χ1n) is 7.67. The first-order chi connectivity index (χ1) is 12.5. The molecule has 1 aromatic carbocycles. The van der Waals surface area contributed by atoms with Crippen molar-refractivity contribution >= 4 is 17.8 Å². The van der Waals surface area contributed by atoms with E-state index in [1.807, 2.05) is 31.2 Å². The number of aromatic nitrogens is 2. The lowest BCUT2D eigenvalue weighted by molar-refractivity contribution is -0.385. The minimum atomic E-state index is -0.531. The fourth-order valence-electron chi connectivity index (χ4n) is 2.15. The van der Waals surface area contributed by atoms with Crippen LogP contribution in [-0.2, 0) is 6.54 Å². The summed E-state index contributed by atoms with van der Waals surface area (Å²) in [5.74, 6) is 0.0319. The van der Waals surface area contributed by atoms with Gasteiger partial charge in [-0.05, 0) is 24.6 Å². The van der Waals surface area contributed by atoms with E-state index in [1.54, 1.807) is 6.07 Å². The van der Waals surface area contributed by atoms with Gasteiger partial charge in [0.15, 0.2) is 5.76 Å². The Morgan fingerprint density at radius 2 is 2.12 bits per heavy atom. The largest absolute Gasteiger partial charge is 0.454 e. The number of hydrazone groups is 1. The topological polar surface area (TPSA) is 116 Å². The van der Waals surface area contributed by atoms with Crippen molar-refractivity contribution in [3.63, 3.8) is 0 Å². The Bertz CT molecular complexity index is 956. The lowest BCUT2D eigenvalue weighted by Crippen LogP contribution is -2.16. The number of carbonyl (C=O) groups excluding carboxylic acids is 1. The van der Waals surface area contributed by atoms with Gasteiger partial charge in [-0.2, -0.15) is 10.2 Å². The van der Waals surface area contributed by atoms with Gasteiger partial charge in [-0.1, -0.05) is 29.8 Å². The molecule has 0 aliphatic rings. The minimum absolute atomic E-state index is 0.0858. The Labute approximate surface area is 148 Å². The third-order valence-corrected chi connectivity index (χ3v) is 3.49. The number of nitrogens with zero attached hydrogens (tertiary/aromatic N) is 4. The third kappa shape index (κ3) is 4.20. The predicted octanol–water partition coefficient (Wildman–Crippen LogP) is 2.50. The summed E-state index contributed by atoms with van der Waals surface area (Å²) in [6, 6.07) is 10.8. The van der Waals surface area contributed by atoms with Gasteiger partial charge in [0.05, 0.1) is 17.7 Å². The van der Waals surface area contributed by atoms with Crippen molar-refractivity contribution in [2.24, 2.45) is 5.10 Å². The van der Waals surface area contributed by atoms with E-state index in [1.165, 1.54) is 23.2 Å². The molecule has 0 aliphatic heterocycles. The number of carbonyl (C=O) groups is 1. The molecular formula is C17H15N5O4. The van der Waals surface area contributed by atoms with E-state index in [2.05, 4.69) is 15.6 Å². The van der Waals surface area contributed by atoms with Crippen LogP contribution in [0.5, 0.6) is 0 Å². The van der Waals surface area contributed by atoms with E-state index in [-0.39, 0.29) is 18.0 Å². The zero-order valence-electron chi connectivity index (χ0n) is 13.8. The van der Waals surface area contributed by atoms with Crippen molar-refractivity contribution in [1.82, 2.24) is 15.2 Å².